The maximum Gasteiger partial charge on any atom is 0.346 e. The highest BCUT2D eigenvalue weighted by Gasteiger charge is 2.31. The first kappa shape index (κ1) is 108. The number of hydrogen-bond acceptors (Lipinski definition) is 45. The number of aromatic nitrogens is 9. The number of aromatic hydroxyl groups is 9. The lowest BCUT2D eigenvalue weighted by Crippen LogP contribution is -2.26. The quantitative estimate of drug-likeness (QED) is 0.0130. The zero-order valence-corrected chi connectivity index (χ0v) is 80.4. The molecule has 0 aliphatic heterocycles. The summed E-state index contributed by atoms with van der Waals surface area (Å²) in [5, 5.41) is 97.0. The standard InChI is InChI=1S/C37H39N3O14.C33H33N3O12.C29H27N3O10/c1-18(34(43)47-5)51-22-9-12-25(28(41)15-22)31-38-32(26-13-10-23(16-29(26)42)52-19(2)35(44)48-6)40-33(39-31)27-14-11-24(53-20(3)36(45)49-7)17-30(27)54-21(4)37(46)50-8;1-16(31(40)43-4)46-19-7-10-22(25(37)13-19)28-34-29(23-11-8-20(14-26(23)38)47-17(2)32(41)44-5)36-30(35-28)24-12-9-21(15-27(24)39)48-18(3)33(42)45-6;1-14(28(37)39-3)41-17-6-9-20(23(35)12-17)26-30-25(19-8-5-16(33)11-22(19)34)31-27(32-26)21-10-7-18(13-24(21)36)42-15(2)29(38)40-4/h9-21,41-42H,1-8H3;7-18,37-39H,1-6H3;5-15,33-36H,1-4H3. The van der Waals surface area contributed by atoms with Crippen LogP contribution >= 0.6 is 0 Å². The van der Waals surface area contributed by atoms with Crippen LogP contribution < -0.4 is 42.6 Å². The maximum absolute atomic E-state index is 12.4. The van der Waals surface area contributed by atoms with Crippen molar-refractivity contribution >= 4 is 53.7 Å². The van der Waals surface area contributed by atoms with E-state index in [0.717, 1.165) is 6.07 Å². The second-order valence-corrected chi connectivity index (χ2v) is 30.6. The molecule has 0 spiro atoms. The van der Waals surface area contributed by atoms with Gasteiger partial charge in [-0.05, 0) is 172 Å². The summed E-state index contributed by atoms with van der Waals surface area (Å²) in [6.45, 7) is 13.3. The zero-order chi connectivity index (χ0) is 105. The summed E-state index contributed by atoms with van der Waals surface area (Å²) in [4.78, 5) is 147. The highest BCUT2D eigenvalue weighted by molar-refractivity contribution is 5.84. The van der Waals surface area contributed by atoms with Gasteiger partial charge >= 0.3 is 53.7 Å². The lowest BCUT2D eigenvalue weighted by Gasteiger charge is -2.19. The topological polar surface area (TPSA) is 618 Å². The van der Waals surface area contributed by atoms with Gasteiger partial charge in [-0.25, -0.2) is 88.0 Å². The molecule has 756 valence electrons. The van der Waals surface area contributed by atoms with Crippen LogP contribution in [-0.2, 0) is 85.8 Å². The molecule has 9 atom stereocenters. The lowest BCUT2D eigenvalue weighted by molar-refractivity contribution is -0.148. The van der Waals surface area contributed by atoms with Gasteiger partial charge in [-0.1, -0.05) is 0 Å². The van der Waals surface area contributed by atoms with Crippen molar-refractivity contribution in [3.63, 3.8) is 0 Å². The molecule has 12 rings (SSSR count). The molecule has 3 heterocycles. The summed E-state index contributed by atoms with van der Waals surface area (Å²) < 4.78 is 92.8. The number of rotatable bonds is 36. The molecule has 0 amide bonds. The predicted molar refractivity (Wildman–Crippen MR) is 502 cm³/mol. The second-order valence-electron chi connectivity index (χ2n) is 30.6. The number of carbonyl (C=O) groups is 9. The summed E-state index contributed by atoms with van der Waals surface area (Å²) >= 11 is 0. The molecule has 0 saturated carbocycles. The maximum atomic E-state index is 12.4. The molecule has 144 heavy (non-hydrogen) atoms. The Hall–Kier alpha value is -18.4. The van der Waals surface area contributed by atoms with E-state index >= 15 is 0 Å². The van der Waals surface area contributed by atoms with E-state index in [-0.39, 0.29) is 206 Å². The smallest absolute Gasteiger partial charge is 0.346 e. The van der Waals surface area contributed by atoms with E-state index in [2.05, 4.69) is 68.5 Å². The predicted octanol–water partition coefficient (Wildman–Crippen LogP) is 11.4. The molecule has 0 bridgehead atoms. The number of phenolic OH excluding ortho intramolecular Hbond substituents is 9. The van der Waals surface area contributed by atoms with Crippen LogP contribution in [0.5, 0.6) is 103 Å². The first-order chi connectivity index (χ1) is 68.5. The van der Waals surface area contributed by atoms with Crippen LogP contribution in [0, 0.1) is 0 Å². The summed E-state index contributed by atoms with van der Waals surface area (Å²) in [6.07, 6.45) is -8.81. The summed E-state index contributed by atoms with van der Waals surface area (Å²) in [7, 11) is 11.0. The van der Waals surface area contributed by atoms with Gasteiger partial charge in [0.15, 0.2) is 107 Å². The molecule has 9 unspecified atom stereocenters. The molecule has 0 saturated heterocycles. The van der Waals surface area contributed by atoms with Crippen molar-refractivity contribution in [2.24, 2.45) is 0 Å². The Morgan fingerprint density at radius 1 is 0.181 bits per heavy atom. The van der Waals surface area contributed by atoms with Crippen molar-refractivity contribution < 1.29 is 174 Å². The number of carbonyl (C=O) groups excluding carboxylic acids is 9. The fourth-order valence-corrected chi connectivity index (χ4v) is 12.9. The number of esters is 9. The van der Waals surface area contributed by atoms with Gasteiger partial charge in [0, 0.05) is 54.6 Å². The van der Waals surface area contributed by atoms with E-state index in [1.165, 1.54) is 284 Å². The van der Waals surface area contributed by atoms with Crippen molar-refractivity contribution in [3.8, 4) is 206 Å². The van der Waals surface area contributed by atoms with Crippen LogP contribution in [0.4, 0.5) is 0 Å². The zero-order valence-electron chi connectivity index (χ0n) is 80.4. The average Bonchev–Trinajstić information content (AvgIpc) is 0.784. The minimum atomic E-state index is -1.13. The van der Waals surface area contributed by atoms with Crippen molar-refractivity contribution in [1.29, 1.82) is 0 Å². The van der Waals surface area contributed by atoms with Crippen LogP contribution in [0.15, 0.2) is 164 Å². The summed E-state index contributed by atoms with van der Waals surface area (Å²) in [5.41, 5.74) is 1.18. The van der Waals surface area contributed by atoms with Crippen LogP contribution in [0.25, 0.3) is 102 Å². The third-order valence-corrected chi connectivity index (χ3v) is 20.4. The molecule has 12 aromatic rings. The highest BCUT2D eigenvalue weighted by atomic mass is 16.6. The van der Waals surface area contributed by atoms with Gasteiger partial charge in [0.25, 0.3) is 0 Å². The van der Waals surface area contributed by atoms with E-state index < -0.39 is 109 Å². The third kappa shape index (κ3) is 27.4. The second kappa shape index (κ2) is 48.8. The van der Waals surface area contributed by atoms with Gasteiger partial charge in [0.05, 0.1) is 114 Å². The Morgan fingerprint density at radius 2 is 0.312 bits per heavy atom. The van der Waals surface area contributed by atoms with Gasteiger partial charge in [-0.3, -0.25) is 0 Å². The van der Waals surface area contributed by atoms with E-state index in [9.17, 15) is 89.1 Å². The first-order valence-electron chi connectivity index (χ1n) is 43.0. The van der Waals surface area contributed by atoms with Crippen LogP contribution in [0.1, 0.15) is 62.3 Å². The van der Waals surface area contributed by atoms with Crippen molar-refractivity contribution in [2.45, 2.75) is 117 Å². The Morgan fingerprint density at radius 3 is 0.465 bits per heavy atom. The minimum Gasteiger partial charge on any atom is -0.508 e. The fourth-order valence-electron chi connectivity index (χ4n) is 12.9. The van der Waals surface area contributed by atoms with Crippen LogP contribution in [-0.4, -0.2) is 263 Å². The molecule has 9 N–H and O–H groups in total. The van der Waals surface area contributed by atoms with Crippen LogP contribution in [0.3, 0.4) is 0 Å². The van der Waals surface area contributed by atoms with Crippen LogP contribution in [0.2, 0.25) is 0 Å². The molecule has 0 aliphatic carbocycles. The number of phenols is 9. The van der Waals surface area contributed by atoms with E-state index in [4.69, 9.17) is 61.6 Å². The van der Waals surface area contributed by atoms with Gasteiger partial charge < -0.3 is 131 Å². The van der Waals surface area contributed by atoms with Crippen molar-refractivity contribution in [3.05, 3.63) is 164 Å². The van der Waals surface area contributed by atoms with Gasteiger partial charge in [0.2, 0.25) is 0 Å². The van der Waals surface area contributed by atoms with Gasteiger partial charge in [-0.2, -0.15) is 0 Å². The molecule has 45 nitrogen and oxygen atoms in total. The Kier molecular flexibility index (Phi) is 36.5. The number of ether oxygens (including phenoxy) is 18. The monoisotopic (exact) mass is 1990 g/mol. The third-order valence-electron chi connectivity index (χ3n) is 20.4. The van der Waals surface area contributed by atoms with E-state index in [0.29, 0.717) is 0 Å². The Bertz CT molecular complexity index is 6340. The number of benzene rings is 9. The van der Waals surface area contributed by atoms with Gasteiger partial charge in [-0.15, -0.1) is 0 Å². The molecule has 45 heteroatoms. The number of nitrogens with zero attached hydrogens (tertiary/aromatic N) is 9. The molecular weight excluding hydrogens is 1890 g/mol. The Labute approximate surface area is 820 Å². The highest BCUT2D eigenvalue weighted by Crippen LogP contribution is 2.44. The number of hydrogen-bond donors (Lipinski definition) is 9. The molecule has 0 radical (unpaired) electrons. The molecule has 3 aromatic heterocycles. The normalized spacial score (nSPS) is 12.6. The van der Waals surface area contributed by atoms with Gasteiger partial charge in [0.1, 0.15) is 103 Å². The van der Waals surface area contributed by atoms with Crippen molar-refractivity contribution in [1.82, 2.24) is 44.9 Å². The minimum absolute atomic E-state index is 0.0279. The van der Waals surface area contributed by atoms with E-state index in [1.54, 1.807) is 0 Å². The summed E-state index contributed by atoms with van der Waals surface area (Å²) in [5.74, 6) is -7.55. The Balaban J connectivity index is 0.000000223. The molecule has 0 aliphatic rings. The number of methoxy groups -OCH3 is 9. The molecule has 0 fully saturated rings. The SMILES string of the molecule is COC(=O)C(C)Oc1ccc(-c2nc(-c3ccc(O)cc3O)nc(-c3ccc(OC(C)C(=O)OC)cc3O)n2)c(O)c1.COC(=O)C(C)Oc1ccc(-c2nc(-c3ccc(OC(C)C(=O)OC)cc3O)nc(-c3ccc(OC(C)C(=O)OC)cc3O)n2)c(O)c1.COC(=O)C(C)Oc1ccc(-c2nc(-c3ccc(OC(C)C(=O)OC)cc3O)nc(-c3ccc(OC(C)C(=O)OC)cc3OC(C)C(=O)OC)n2)c(O)c1. The fraction of sp³-hybridized carbons (Fsp3) is 0.273. The first-order valence-corrected chi connectivity index (χ1v) is 43.0. The molecular formula is C99H99N9O36. The largest absolute Gasteiger partial charge is 0.508 e. The van der Waals surface area contributed by atoms with Crippen molar-refractivity contribution in [2.75, 3.05) is 64.0 Å². The molecule has 9 aromatic carbocycles. The van der Waals surface area contributed by atoms with E-state index in [1.807, 2.05) is 0 Å². The lowest BCUT2D eigenvalue weighted by atomic mass is 10.1. The average molecular weight is 1990 g/mol. The summed E-state index contributed by atoms with van der Waals surface area (Å²) in [6, 6.07) is 37.6.